The van der Waals surface area contributed by atoms with Crippen molar-refractivity contribution in [1.29, 1.82) is 0 Å². The number of hydrogen-bond acceptors (Lipinski definition) is 4. The first kappa shape index (κ1) is 16.3. The molecular weight excluding hydrogens is 304 g/mol. The maximum absolute atomic E-state index is 12.0. The molecule has 0 unspecified atom stereocenters. The molecule has 1 amide bonds. The quantitative estimate of drug-likeness (QED) is 0.768. The van der Waals surface area contributed by atoms with Crippen LogP contribution in [0.4, 0.5) is 0 Å². The third-order valence-corrected chi connectivity index (χ3v) is 3.97. The highest BCUT2D eigenvalue weighted by Gasteiger charge is 2.13. The predicted octanol–water partition coefficient (Wildman–Crippen LogP) is 2.77. The summed E-state index contributed by atoms with van der Waals surface area (Å²) in [5.41, 5.74) is 2.22. The van der Waals surface area contributed by atoms with E-state index < -0.39 is 0 Å². The summed E-state index contributed by atoms with van der Waals surface area (Å²) < 4.78 is 10.6. The Morgan fingerprint density at radius 3 is 2.75 bits per heavy atom. The Morgan fingerprint density at radius 2 is 1.92 bits per heavy atom. The van der Waals surface area contributed by atoms with Crippen LogP contribution in [0.5, 0.6) is 11.5 Å². The second-order valence-corrected chi connectivity index (χ2v) is 5.81. The fraction of sp³-hybridized carbons (Fsp3) is 0.316. The summed E-state index contributed by atoms with van der Waals surface area (Å²) in [6.45, 7) is 3.60. The van der Waals surface area contributed by atoms with Crippen LogP contribution in [0.15, 0.2) is 48.5 Å². The first-order chi connectivity index (χ1) is 11.7. The average Bonchev–Trinajstić information content (AvgIpc) is 3.07. The summed E-state index contributed by atoms with van der Waals surface area (Å²) in [4.78, 5) is 12.0. The first-order valence-electron chi connectivity index (χ1n) is 8.16. The highest BCUT2D eigenvalue weighted by Crippen LogP contribution is 2.32. The minimum atomic E-state index is 0.0209. The smallest absolute Gasteiger partial charge is 0.231 e. The third-order valence-electron chi connectivity index (χ3n) is 3.97. The van der Waals surface area contributed by atoms with Gasteiger partial charge in [0.2, 0.25) is 12.7 Å². The van der Waals surface area contributed by atoms with Gasteiger partial charge >= 0.3 is 0 Å². The lowest BCUT2D eigenvalue weighted by atomic mass is 10.1. The average molecular weight is 326 g/mol. The maximum atomic E-state index is 12.0. The Morgan fingerprint density at radius 1 is 1.12 bits per heavy atom. The number of carbonyl (C=O) groups excluding carboxylic acids is 1. The summed E-state index contributed by atoms with van der Waals surface area (Å²) in [6, 6.07) is 15.9. The van der Waals surface area contributed by atoms with Gasteiger partial charge in [0.05, 0.1) is 6.04 Å². The summed E-state index contributed by atoms with van der Waals surface area (Å²) in [6.07, 6.45) is 0.446. The molecule has 0 bridgehead atoms. The topological polar surface area (TPSA) is 59.6 Å². The molecule has 5 heteroatoms. The van der Waals surface area contributed by atoms with Crippen LogP contribution < -0.4 is 20.1 Å². The molecule has 0 fully saturated rings. The van der Waals surface area contributed by atoms with E-state index in [-0.39, 0.29) is 18.7 Å². The van der Waals surface area contributed by atoms with Crippen LogP contribution in [0.1, 0.15) is 30.5 Å². The lowest BCUT2D eigenvalue weighted by Crippen LogP contribution is -2.29. The van der Waals surface area contributed by atoms with Crippen molar-refractivity contribution in [2.24, 2.45) is 0 Å². The van der Waals surface area contributed by atoms with Crippen LogP contribution in [-0.4, -0.2) is 19.2 Å². The maximum Gasteiger partial charge on any atom is 0.231 e. The van der Waals surface area contributed by atoms with Gasteiger partial charge in [-0.05, 0) is 30.2 Å². The number of nitrogens with one attached hydrogen (secondary N) is 2. The summed E-state index contributed by atoms with van der Waals surface area (Å²) in [5.74, 6) is 1.61. The molecule has 0 aliphatic carbocycles. The van der Waals surface area contributed by atoms with E-state index >= 15 is 0 Å². The standard InChI is InChI=1S/C19H22N2O3/c1-14(16-5-3-2-4-6-16)21-19(22)9-10-20-12-15-7-8-17-18(11-15)24-13-23-17/h2-8,11,14,20H,9-10,12-13H2,1H3,(H,21,22)/t14-/m1/s1. The Labute approximate surface area is 142 Å². The van der Waals surface area contributed by atoms with E-state index in [4.69, 9.17) is 9.47 Å². The molecule has 1 aliphatic rings. The van der Waals surface area contributed by atoms with E-state index in [9.17, 15) is 4.79 Å². The van der Waals surface area contributed by atoms with Gasteiger partial charge in [0.15, 0.2) is 11.5 Å². The van der Waals surface area contributed by atoms with Crippen molar-refractivity contribution in [1.82, 2.24) is 10.6 Å². The van der Waals surface area contributed by atoms with Gasteiger partial charge in [0, 0.05) is 19.5 Å². The molecule has 1 aliphatic heterocycles. The number of ether oxygens (including phenoxy) is 2. The van der Waals surface area contributed by atoms with E-state index in [1.165, 1.54) is 0 Å². The van der Waals surface area contributed by atoms with Crippen molar-refractivity contribution in [2.45, 2.75) is 25.9 Å². The van der Waals surface area contributed by atoms with E-state index in [2.05, 4.69) is 10.6 Å². The van der Waals surface area contributed by atoms with Crippen LogP contribution in [0.25, 0.3) is 0 Å². The van der Waals surface area contributed by atoms with Crippen molar-refractivity contribution in [3.05, 3.63) is 59.7 Å². The van der Waals surface area contributed by atoms with Gasteiger partial charge in [-0.15, -0.1) is 0 Å². The molecule has 0 spiro atoms. The molecule has 3 rings (SSSR count). The lowest BCUT2D eigenvalue weighted by Gasteiger charge is -2.14. The normalized spacial score (nSPS) is 13.5. The van der Waals surface area contributed by atoms with Crippen LogP contribution in [0, 0.1) is 0 Å². The number of benzene rings is 2. The zero-order chi connectivity index (χ0) is 16.8. The zero-order valence-corrected chi connectivity index (χ0v) is 13.7. The molecule has 1 atom stereocenters. The molecule has 0 radical (unpaired) electrons. The molecule has 0 saturated heterocycles. The van der Waals surface area contributed by atoms with Crippen molar-refractivity contribution >= 4 is 5.91 Å². The molecule has 0 saturated carbocycles. The fourth-order valence-electron chi connectivity index (χ4n) is 2.62. The second kappa shape index (κ2) is 7.84. The van der Waals surface area contributed by atoms with Gasteiger partial charge in [0.25, 0.3) is 0 Å². The van der Waals surface area contributed by atoms with E-state index in [1.807, 2.05) is 55.5 Å². The van der Waals surface area contributed by atoms with Crippen molar-refractivity contribution in [3.8, 4) is 11.5 Å². The monoisotopic (exact) mass is 326 g/mol. The van der Waals surface area contributed by atoms with E-state index in [1.54, 1.807) is 0 Å². The van der Waals surface area contributed by atoms with Crippen LogP contribution in [0.2, 0.25) is 0 Å². The largest absolute Gasteiger partial charge is 0.454 e. The highest BCUT2D eigenvalue weighted by molar-refractivity contribution is 5.76. The van der Waals surface area contributed by atoms with Crippen LogP contribution in [-0.2, 0) is 11.3 Å². The summed E-state index contributed by atoms with van der Waals surface area (Å²) in [5, 5.41) is 6.29. The summed E-state index contributed by atoms with van der Waals surface area (Å²) in [7, 11) is 0. The van der Waals surface area contributed by atoms with Gasteiger partial charge in [-0.1, -0.05) is 36.4 Å². The fourth-order valence-corrected chi connectivity index (χ4v) is 2.62. The van der Waals surface area contributed by atoms with Gasteiger partial charge in [-0.25, -0.2) is 0 Å². The van der Waals surface area contributed by atoms with Crippen LogP contribution in [0.3, 0.4) is 0 Å². The first-order valence-corrected chi connectivity index (χ1v) is 8.16. The van der Waals surface area contributed by atoms with E-state index in [0.717, 1.165) is 22.6 Å². The van der Waals surface area contributed by atoms with Crippen molar-refractivity contribution < 1.29 is 14.3 Å². The number of rotatable bonds is 7. The molecule has 2 aromatic rings. The Kier molecular flexibility index (Phi) is 5.33. The van der Waals surface area contributed by atoms with Gasteiger partial charge < -0.3 is 20.1 Å². The second-order valence-electron chi connectivity index (χ2n) is 5.81. The molecule has 1 heterocycles. The molecule has 0 aromatic heterocycles. The number of hydrogen-bond donors (Lipinski definition) is 2. The van der Waals surface area contributed by atoms with Gasteiger partial charge in [-0.3, -0.25) is 4.79 Å². The van der Waals surface area contributed by atoms with Gasteiger partial charge in [-0.2, -0.15) is 0 Å². The third kappa shape index (κ3) is 4.26. The zero-order valence-electron chi connectivity index (χ0n) is 13.7. The summed E-state index contributed by atoms with van der Waals surface area (Å²) >= 11 is 0. The predicted molar refractivity (Wildman–Crippen MR) is 91.9 cm³/mol. The van der Waals surface area contributed by atoms with Crippen LogP contribution >= 0.6 is 0 Å². The number of carbonyl (C=O) groups is 1. The highest BCUT2D eigenvalue weighted by atomic mass is 16.7. The van der Waals surface area contributed by atoms with Crippen molar-refractivity contribution in [2.75, 3.05) is 13.3 Å². The Bertz CT molecular complexity index is 688. The SMILES string of the molecule is C[C@@H](NC(=O)CCNCc1ccc2c(c1)OCO2)c1ccccc1. The van der Waals surface area contributed by atoms with Gasteiger partial charge in [0.1, 0.15) is 0 Å². The molecule has 24 heavy (non-hydrogen) atoms. The Hall–Kier alpha value is -2.53. The molecular formula is C19H22N2O3. The molecule has 5 nitrogen and oxygen atoms in total. The van der Waals surface area contributed by atoms with Crippen molar-refractivity contribution in [3.63, 3.8) is 0 Å². The molecule has 2 aromatic carbocycles. The lowest BCUT2D eigenvalue weighted by molar-refractivity contribution is -0.121. The molecule has 2 N–H and O–H groups in total. The Balaban J connectivity index is 1.38. The number of amides is 1. The minimum absolute atomic E-state index is 0.0209. The number of fused-ring (bicyclic) bond motifs is 1. The minimum Gasteiger partial charge on any atom is -0.454 e. The van der Waals surface area contributed by atoms with E-state index in [0.29, 0.717) is 19.5 Å². The molecule has 126 valence electrons.